The molecule has 134 valence electrons. The fourth-order valence-electron chi connectivity index (χ4n) is 2.30. The number of hydrogen-bond acceptors (Lipinski definition) is 3. The van der Waals surface area contributed by atoms with Crippen LogP contribution in [0.1, 0.15) is 28.3 Å². The number of benzene rings is 2. The van der Waals surface area contributed by atoms with Crippen LogP contribution in [0.4, 0.5) is 18.9 Å². The zero-order chi connectivity index (χ0) is 18.6. The first-order chi connectivity index (χ1) is 12.4. The van der Waals surface area contributed by atoms with Gasteiger partial charge in [0.25, 0.3) is 0 Å². The Kier molecular flexibility index (Phi) is 5.11. The van der Waals surface area contributed by atoms with E-state index in [1.54, 1.807) is 18.4 Å². The van der Waals surface area contributed by atoms with Gasteiger partial charge >= 0.3 is 6.18 Å². The molecule has 3 rings (SSSR count). The van der Waals surface area contributed by atoms with E-state index in [-0.39, 0.29) is 0 Å². The predicted octanol–water partition coefficient (Wildman–Crippen LogP) is 5.78. The summed E-state index contributed by atoms with van der Waals surface area (Å²) >= 11 is 0. The fraction of sp³-hybridized carbons (Fsp3) is 0.150. The van der Waals surface area contributed by atoms with Crippen molar-refractivity contribution in [2.24, 2.45) is 0 Å². The highest BCUT2D eigenvalue weighted by molar-refractivity contribution is 5.66. The number of halogens is 3. The third-order valence-electron chi connectivity index (χ3n) is 3.75. The first-order valence-corrected chi connectivity index (χ1v) is 8.00. The average Bonchev–Trinajstić information content (AvgIpc) is 3.07. The standard InChI is InChI=1S/C20H17F3N2O/c1-14-2-9-17(10-3-14)24-12-18-13-26-19(25-18)11-6-15-4-7-16(8-5-15)20(21,22)23/h2-11,13,24H,12H2,1H3/b11-6+. The Morgan fingerprint density at radius 3 is 2.35 bits per heavy atom. The van der Waals surface area contributed by atoms with E-state index in [1.165, 1.54) is 17.7 Å². The Morgan fingerprint density at radius 1 is 1.00 bits per heavy atom. The fourth-order valence-corrected chi connectivity index (χ4v) is 2.30. The summed E-state index contributed by atoms with van der Waals surface area (Å²) < 4.78 is 43.0. The van der Waals surface area contributed by atoms with Crippen LogP contribution in [0, 0.1) is 6.92 Å². The maximum absolute atomic E-state index is 12.5. The molecule has 0 fully saturated rings. The summed E-state index contributed by atoms with van der Waals surface area (Å²) in [6.45, 7) is 2.54. The predicted molar refractivity (Wildman–Crippen MR) is 95.4 cm³/mol. The molecule has 0 unspecified atom stereocenters. The van der Waals surface area contributed by atoms with Gasteiger partial charge in [0.2, 0.25) is 5.89 Å². The van der Waals surface area contributed by atoms with E-state index in [9.17, 15) is 13.2 Å². The minimum absolute atomic E-state index is 0.394. The Bertz CT molecular complexity index is 879. The SMILES string of the molecule is Cc1ccc(NCc2coc(/C=C/c3ccc(C(F)(F)F)cc3)n2)cc1. The van der Waals surface area contributed by atoms with Crippen LogP contribution in [-0.4, -0.2) is 4.98 Å². The molecule has 0 bridgehead atoms. The average molecular weight is 358 g/mol. The largest absolute Gasteiger partial charge is 0.445 e. The Labute approximate surface area is 149 Å². The molecule has 3 aromatic rings. The van der Waals surface area contributed by atoms with Gasteiger partial charge in [-0.25, -0.2) is 4.98 Å². The summed E-state index contributed by atoms with van der Waals surface area (Å²) in [6, 6.07) is 12.9. The zero-order valence-electron chi connectivity index (χ0n) is 14.0. The topological polar surface area (TPSA) is 38.1 Å². The Morgan fingerprint density at radius 2 is 1.69 bits per heavy atom. The van der Waals surface area contributed by atoms with E-state index in [0.29, 0.717) is 18.0 Å². The van der Waals surface area contributed by atoms with Crippen LogP contribution in [0.3, 0.4) is 0 Å². The molecule has 1 heterocycles. The van der Waals surface area contributed by atoms with Gasteiger partial charge in [-0.1, -0.05) is 29.8 Å². The maximum Gasteiger partial charge on any atom is 0.416 e. The lowest BCUT2D eigenvalue weighted by atomic mass is 10.1. The van der Waals surface area contributed by atoms with Crippen LogP contribution in [0.15, 0.2) is 59.2 Å². The number of nitrogens with one attached hydrogen (secondary N) is 1. The Hall–Kier alpha value is -3.02. The summed E-state index contributed by atoms with van der Waals surface area (Å²) in [7, 11) is 0. The molecule has 0 spiro atoms. The molecule has 0 aliphatic carbocycles. The molecule has 26 heavy (non-hydrogen) atoms. The van der Waals surface area contributed by atoms with Gasteiger partial charge in [-0.3, -0.25) is 0 Å². The van der Waals surface area contributed by atoms with E-state index in [2.05, 4.69) is 10.3 Å². The van der Waals surface area contributed by atoms with Gasteiger partial charge in [0.05, 0.1) is 17.8 Å². The summed E-state index contributed by atoms with van der Waals surface area (Å²) in [5, 5.41) is 3.24. The summed E-state index contributed by atoms with van der Waals surface area (Å²) in [5.74, 6) is 0.394. The number of aryl methyl sites for hydroxylation is 1. The second kappa shape index (κ2) is 7.47. The number of oxazole rings is 1. The molecule has 0 amide bonds. The van der Waals surface area contributed by atoms with Gasteiger partial charge in [0.1, 0.15) is 6.26 Å². The number of alkyl halides is 3. The van der Waals surface area contributed by atoms with Crippen molar-refractivity contribution in [3.05, 3.63) is 83.1 Å². The van der Waals surface area contributed by atoms with Crippen molar-refractivity contribution in [2.75, 3.05) is 5.32 Å². The van der Waals surface area contributed by atoms with E-state index in [4.69, 9.17) is 4.42 Å². The van der Waals surface area contributed by atoms with Crippen LogP contribution < -0.4 is 5.32 Å². The molecule has 0 radical (unpaired) electrons. The normalized spacial score (nSPS) is 11.8. The van der Waals surface area contributed by atoms with Crippen molar-refractivity contribution in [1.82, 2.24) is 4.98 Å². The minimum atomic E-state index is -4.33. The van der Waals surface area contributed by atoms with E-state index in [0.717, 1.165) is 23.5 Å². The monoisotopic (exact) mass is 358 g/mol. The van der Waals surface area contributed by atoms with Gasteiger partial charge in [0, 0.05) is 11.8 Å². The molecule has 1 aromatic heterocycles. The first-order valence-electron chi connectivity index (χ1n) is 8.00. The summed E-state index contributed by atoms with van der Waals surface area (Å²) in [5.41, 5.74) is 2.87. The number of anilines is 1. The van der Waals surface area contributed by atoms with Gasteiger partial charge in [0.15, 0.2) is 0 Å². The third-order valence-corrected chi connectivity index (χ3v) is 3.75. The van der Waals surface area contributed by atoms with Gasteiger partial charge in [-0.05, 0) is 42.8 Å². The van der Waals surface area contributed by atoms with Crippen LogP contribution in [0.2, 0.25) is 0 Å². The quantitative estimate of drug-likeness (QED) is 0.628. The molecule has 1 N–H and O–H groups in total. The molecule has 0 saturated heterocycles. The van der Waals surface area contributed by atoms with E-state index < -0.39 is 11.7 Å². The van der Waals surface area contributed by atoms with Crippen molar-refractivity contribution >= 4 is 17.8 Å². The highest BCUT2D eigenvalue weighted by Crippen LogP contribution is 2.29. The van der Waals surface area contributed by atoms with Crippen LogP contribution in [0.25, 0.3) is 12.2 Å². The number of rotatable bonds is 5. The summed E-state index contributed by atoms with van der Waals surface area (Å²) in [6.07, 6.45) is 0.499. The third kappa shape index (κ3) is 4.75. The molecule has 0 atom stereocenters. The lowest BCUT2D eigenvalue weighted by molar-refractivity contribution is -0.137. The molecular formula is C20H17F3N2O. The lowest BCUT2D eigenvalue weighted by Crippen LogP contribution is -2.03. The highest BCUT2D eigenvalue weighted by Gasteiger charge is 2.29. The van der Waals surface area contributed by atoms with Crippen LogP contribution >= 0.6 is 0 Å². The van der Waals surface area contributed by atoms with Crippen molar-refractivity contribution in [3.63, 3.8) is 0 Å². The molecule has 0 aliphatic rings. The molecule has 0 saturated carbocycles. The number of aromatic nitrogens is 1. The van der Waals surface area contributed by atoms with Gasteiger partial charge < -0.3 is 9.73 Å². The molecular weight excluding hydrogens is 341 g/mol. The van der Waals surface area contributed by atoms with Crippen molar-refractivity contribution in [3.8, 4) is 0 Å². The van der Waals surface area contributed by atoms with Crippen molar-refractivity contribution < 1.29 is 17.6 Å². The lowest BCUT2D eigenvalue weighted by Gasteiger charge is -2.05. The number of nitrogens with zero attached hydrogens (tertiary/aromatic N) is 1. The van der Waals surface area contributed by atoms with E-state index >= 15 is 0 Å². The molecule has 3 nitrogen and oxygen atoms in total. The molecule has 0 aliphatic heterocycles. The van der Waals surface area contributed by atoms with E-state index in [1.807, 2.05) is 31.2 Å². The molecule has 2 aromatic carbocycles. The smallest absolute Gasteiger partial charge is 0.416 e. The highest BCUT2D eigenvalue weighted by atomic mass is 19.4. The Balaban J connectivity index is 1.59. The minimum Gasteiger partial charge on any atom is -0.445 e. The van der Waals surface area contributed by atoms with Crippen LogP contribution in [-0.2, 0) is 12.7 Å². The van der Waals surface area contributed by atoms with Crippen molar-refractivity contribution in [2.45, 2.75) is 19.6 Å². The number of hydrogen-bond donors (Lipinski definition) is 1. The second-order valence-electron chi connectivity index (χ2n) is 5.85. The maximum atomic E-state index is 12.5. The van der Waals surface area contributed by atoms with Gasteiger partial charge in [-0.2, -0.15) is 13.2 Å². The summed E-state index contributed by atoms with van der Waals surface area (Å²) in [4.78, 5) is 4.32. The zero-order valence-corrected chi connectivity index (χ0v) is 14.0. The molecule has 6 heteroatoms. The van der Waals surface area contributed by atoms with Gasteiger partial charge in [-0.15, -0.1) is 0 Å². The van der Waals surface area contributed by atoms with Crippen LogP contribution in [0.5, 0.6) is 0 Å². The van der Waals surface area contributed by atoms with Crippen molar-refractivity contribution in [1.29, 1.82) is 0 Å². The first kappa shape index (κ1) is 17.8. The second-order valence-corrected chi connectivity index (χ2v) is 5.85.